The fraction of sp³-hybridized carbons (Fsp3) is 0.429. The summed E-state index contributed by atoms with van der Waals surface area (Å²) in [6.45, 7) is 3.73. The van der Waals surface area contributed by atoms with E-state index in [0.29, 0.717) is 34.9 Å². The van der Waals surface area contributed by atoms with Crippen molar-refractivity contribution in [3.63, 3.8) is 0 Å². The third-order valence-corrected chi connectivity index (χ3v) is 7.12. The van der Waals surface area contributed by atoms with E-state index in [-0.39, 0.29) is 11.6 Å². The zero-order valence-electron chi connectivity index (χ0n) is 20.8. The number of carbonyl (C=O) groups is 1. The standard InChI is InChI=1S/C28H34N6O2/c1-2-3-7-15-34-18-22(21-11-8-14-29-26(21)34)25-27(35)33-24-16-20(12-13-23(24)32-25)31-28(36)30-17-19-9-5-4-6-10-19/h8,11-14,16,18-19H,2-7,9-10,15,17H2,1H3,(H,33,35)(H2,30,31,36). The quantitative estimate of drug-likeness (QED) is 0.272. The second-order valence-corrected chi connectivity index (χ2v) is 9.80. The number of aromatic amines is 1. The van der Waals surface area contributed by atoms with Crippen molar-refractivity contribution >= 4 is 33.8 Å². The summed E-state index contributed by atoms with van der Waals surface area (Å²) >= 11 is 0. The Morgan fingerprint density at radius 1 is 1.17 bits per heavy atom. The maximum Gasteiger partial charge on any atom is 0.319 e. The van der Waals surface area contributed by atoms with Gasteiger partial charge in [-0.2, -0.15) is 0 Å². The van der Waals surface area contributed by atoms with E-state index in [0.717, 1.165) is 42.4 Å². The van der Waals surface area contributed by atoms with Crippen molar-refractivity contribution in [2.24, 2.45) is 5.92 Å². The summed E-state index contributed by atoms with van der Waals surface area (Å²) in [5, 5.41) is 6.78. The van der Waals surface area contributed by atoms with Crippen molar-refractivity contribution in [1.29, 1.82) is 0 Å². The van der Waals surface area contributed by atoms with Crippen LogP contribution in [0.1, 0.15) is 58.3 Å². The molecule has 36 heavy (non-hydrogen) atoms. The molecule has 1 saturated carbocycles. The first-order chi connectivity index (χ1) is 17.6. The second kappa shape index (κ2) is 10.9. The number of pyridine rings is 1. The first-order valence-electron chi connectivity index (χ1n) is 13.2. The maximum absolute atomic E-state index is 13.1. The monoisotopic (exact) mass is 486 g/mol. The summed E-state index contributed by atoms with van der Waals surface area (Å²) < 4.78 is 2.12. The number of anilines is 1. The van der Waals surface area contributed by atoms with Gasteiger partial charge in [-0.15, -0.1) is 0 Å². The van der Waals surface area contributed by atoms with Crippen molar-refractivity contribution in [2.45, 2.75) is 64.8 Å². The van der Waals surface area contributed by atoms with Crippen LogP contribution in [0.4, 0.5) is 10.5 Å². The van der Waals surface area contributed by atoms with Gasteiger partial charge in [0.05, 0.1) is 11.0 Å². The largest absolute Gasteiger partial charge is 0.338 e. The lowest BCUT2D eigenvalue weighted by atomic mass is 9.89. The van der Waals surface area contributed by atoms with Crippen molar-refractivity contribution in [3.05, 3.63) is 53.1 Å². The molecule has 0 atom stereocenters. The highest BCUT2D eigenvalue weighted by atomic mass is 16.2. The van der Waals surface area contributed by atoms with Crippen LogP contribution in [0, 0.1) is 5.92 Å². The van der Waals surface area contributed by atoms with Crippen molar-refractivity contribution in [2.75, 3.05) is 11.9 Å². The number of urea groups is 1. The lowest BCUT2D eigenvalue weighted by molar-refractivity contribution is 0.247. The molecule has 5 rings (SSSR count). The Bertz CT molecular complexity index is 1420. The SMILES string of the molecule is CCCCCn1cc(-c2nc3ccc(NC(=O)NCC4CCCCC4)cc3[nH]c2=O)c2cccnc21. The molecule has 1 aliphatic carbocycles. The predicted molar refractivity (Wildman–Crippen MR) is 144 cm³/mol. The molecule has 0 radical (unpaired) electrons. The van der Waals surface area contributed by atoms with Crippen LogP contribution in [0.15, 0.2) is 47.5 Å². The van der Waals surface area contributed by atoms with Gasteiger partial charge in [0.25, 0.3) is 5.56 Å². The van der Waals surface area contributed by atoms with Crippen LogP contribution in [0.2, 0.25) is 0 Å². The van der Waals surface area contributed by atoms with Gasteiger partial charge < -0.3 is 20.2 Å². The molecule has 1 aromatic carbocycles. The smallest absolute Gasteiger partial charge is 0.319 e. The van der Waals surface area contributed by atoms with Gasteiger partial charge in [0.2, 0.25) is 0 Å². The fourth-order valence-electron chi connectivity index (χ4n) is 5.16. The number of nitrogens with zero attached hydrogens (tertiary/aromatic N) is 3. The third-order valence-electron chi connectivity index (χ3n) is 7.12. The minimum Gasteiger partial charge on any atom is -0.338 e. The molecule has 4 aromatic rings. The van der Waals surface area contributed by atoms with Crippen LogP contribution >= 0.6 is 0 Å². The Morgan fingerprint density at radius 2 is 2.03 bits per heavy atom. The molecule has 1 aliphatic rings. The number of carbonyl (C=O) groups excluding carboxylic acids is 1. The molecule has 3 aromatic heterocycles. The maximum atomic E-state index is 13.1. The number of aromatic nitrogens is 4. The number of H-pyrrole nitrogens is 1. The third kappa shape index (κ3) is 5.27. The van der Waals surface area contributed by atoms with Crippen LogP contribution < -0.4 is 16.2 Å². The van der Waals surface area contributed by atoms with Crippen LogP contribution in [0.5, 0.6) is 0 Å². The Kier molecular flexibility index (Phi) is 7.30. The molecule has 0 spiro atoms. The van der Waals surface area contributed by atoms with Crippen molar-refractivity contribution in [1.82, 2.24) is 24.8 Å². The summed E-state index contributed by atoms with van der Waals surface area (Å²) in [5.41, 5.74) is 3.61. The molecule has 2 amide bonds. The van der Waals surface area contributed by atoms with Crippen molar-refractivity contribution < 1.29 is 4.79 Å². The molecule has 0 unspecified atom stereocenters. The van der Waals surface area contributed by atoms with Crippen LogP contribution in [0.3, 0.4) is 0 Å². The lowest BCUT2D eigenvalue weighted by Crippen LogP contribution is -2.33. The van der Waals surface area contributed by atoms with Crippen molar-refractivity contribution in [3.8, 4) is 11.3 Å². The molecule has 3 heterocycles. The molecule has 0 aliphatic heterocycles. The van der Waals surface area contributed by atoms with E-state index in [1.165, 1.54) is 32.1 Å². The van der Waals surface area contributed by atoms with Gasteiger partial charge in [0, 0.05) is 42.1 Å². The van der Waals surface area contributed by atoms with E-state index in [1.807, 2.05) is 30.5 Å². The van der Waals surface area contributed by atoms with Crippen LogP contribution in [-0.4, -0.2) is 32.1 Å². The highest BCUT2D eigenvalue weighted by Gasteiger charge is 2.17. The predicted octanol–water partition coefficient (Wildman–Crippen LogP) is 5.83. The number of hydrogen-bond donors (Lipinski definition) is 3. The minimum absolute atomic E-state index is 0.227. The molecule has 3 N–H and O–H groups in total. The number of unbranched alkanes of at least 4 members (excludes halogenated alkanes) is 2. The molecule has 0 bridgehead atoms. The fourth-order valence-corrected chi connectivity index (χ4v) is 5.16. The Balaban J connectivity index is 1.37. The number of nitrogens with one attached hydrogen (secondary N) is 3. The van der Waals surface area contributed by atoms with Gasteiger partial charge in [0.15, 0.2) is 0 Å². The molecule has 188 valence electrons. The van der Waals surface area contributed by atoms with Gasteiger partial charge >= 0.3 is 6.03 Å². The number of aryl methyl sites for hydroxylation is 1. The molecular weight excluding hydrogens is 452 g/mol. The van der Waals surface area contributed by atoms with Crippen LogP contribution in [0.25, 0.3) is 33.3 Å². The zero-order chi connectivity index (χ0) is 24.9. The van der Waals surface area contributed by atoms with Gasteiger partial charge in [-0.1, -0.05) is 39.0 Å². The highest BCUT2D eigenvalue weighted by molar-refractivity contribution is 5.95. The average Bonchev–Trinajstić information content (AvgIpc) is 3.26. The number of benzene rings is 1. The molecule has 1 fully saturated rings. The Labute approximate surface area is 210 Å². The summed E-state index contributed by atoms with van der Waals surface area (Å²) in [6.07, 6.45) is 13.3. The van der Waals surface area contributed by atoms with E-state index in [2.05, 4.69) is 32.1 Å². The molecule has 8 nitrogen and oxygen atoms in total. The lowest BCUT2D eigenvalue weighted by Gasteiger charge is -2.21. The Hall–Kier alpha value is -3.68. The first kappa shape index (κ1) is 24.0. The summed E-state index contributed by atoms with van der Waals surface area (Å²) in [5.74, 6) is 0.563. The Morgan fingerprint density at radius 3 is 2.86 bits per heavy atom. The number of fused-ring (bicyclic) bond motifs is 2. The van der Waals surface area contributed by atoms with E-state index in [4.69, 9.17) is 4.98 Å². The summed E-state index contributed by atoms with van der Waals surface area (Å²) in [4.78, 5) is 37.7. The van der Waals surface area contributed by atoms with E-state index in [1.54, 1.807) is 12.3 Å². The first-order valence-corrected chi connectivity index (χ1v) is 13.2. The second-order valence-electron chi connectivity index (χ2n) is 9.80. The normalized spacial score (nSPS) is 14.4. The van der Waals surface area contributed by atoms with Gasteiger partial charge in [-0.25, -0.2) is 14.8 Å². The van der Waals surface area contributed by atoms with Gasteiger partial charge in [-0.3, -0.25) is 4.79 Å². The van der Waals surface area contributed by atoms with Gasteiger partial charge in [0.1, 0.15) is 11.3 Å². The summed E-state index contributed by atoms with van der Waals surface area (Å²) in [6, 6.07) is 9.03. The van der Waals surface area contributed by atoms with E-state index < -0.39 is 0 Å². The number of amides is 2. The van der Waals surface area contributed by atoms with E-state index >= 15 is 0 Å². The molecular formula is C28H34N6O2. The highest BCUT2D eigenvalue weighted by Crippen LogP contribution is 2.28. The molecule has 0 saturated heterocycles. The summed E-state index contributed by atoms with van der Waals surface area (Å²) in [7, 11) is 0. The number of rotatable bonds is 8. The minimum atomic E-state index is -0.266. The molecule has 8 heteroatoms. The average molecular weight is 487 g/mol. The van der Waals surface area contributed by atoms with Crippen LogP contribution in [-0.2, 0) is 6.54 Å². The topological polar surface area (TPSA) is 105 Å². The van der Waals surface area contributed by atoms with Gasteiger partial charge in [-0.05, 0) is 55.5 Å². The zero-order valence-corrected chi connectivity index (χ0v) is 20.8. The number of hydrogen-bond acceptors (Lipinski definition) is 4. The van der Waals surface area contributed by atoms with E-state index in [9.17, 15) is 9.59 Å².